The molecule has 0 heterocycles. The van der Waals surface area contributed by atoms with Gasteiger partial charge in [-0.3, -0.25) is 0 Å². The Balaban J connectivity index is 2.97. The molecule has 13 heavy (non-hydrogen) atoms. The number of benzene rings is 1. The maximum Gasteiger partial charge on any atom is 0.119 e. The molecule has 0 atom stereocenters. The van der Waals surface area contributed by atoms with Gasteiger partial charge in [0.15, 0.2) is 0 Å². The molecule has 0 saturated carbocycles. The molecular formula is C10H11ClO2. The van der Waals surface area contributed by atoms with Crippen LogP contribution in [0.5, 0.6) is 5.75 Å². The number of methoxy groups -OCH3 is 2. The SMILES string of the molecule is COC=Cc1cc(OC)ccc1Cl. The zero-order chi connectivity index (χ0) is 9.68. The van der Waals surface area contributed by atoms with Crippen LogP contribution in [0, 0.1) is 0 Å². The lowest BCUT2D eigenvalue weighted by Gasteiger charge is -2.02. The van der Waals surface area contributed by atoms with Crippen LogP contribution in [0.1, 0.15) is 5.56 Å². The molecule has 3 heteroatoms. The molecule has 0 spiro atoms. The van der Waals surface area contributed by atoms with E-state index in [0.717, 1.165) is 11.3 Å². The average molecular weight is 199 g/mol. The number of hydrogen-bond donors (Lipinski definition) is 0. The minimum Gasteiger partial charge on any atom is -0.504 e. The Labute approximate surface area is 82.7 Å². The second kappa shape index (κ2) is 4.77. The fourth-order valence-electron chi connectivity index (χ4n) is 0.918. The lowest BCUT2D eigenvalue weighted by Crippen LogP contribution is -1.83. The first kappa shape index (κ1) is 9.93. The molecule has 0 aliphatic carbocycles. The normalized spacial score (nSPS) is 10.4. The summed E-state index contributed by atoms with van der Waals surface area (Å²) in [6.07, 6.45) is 3.35. The van der Waals surface area contributed by atoms with E-state index in [2.05, 4.69) is 0 Å². The van der Waals surface area contributed by atoms with Crippen LogP contribution in [0.3, 0.4) is 0 Å². The van der Waals surface area contributed by atoms with Crippen molar-refractivity contribution < 1.29 is 9.47 Å². The quantitative estimate of drug-likeness (QED) is 0.696. The summed E-state index contributed by atoms with van der Waals surface area (Å²) in [4.78, 5) is 0. The summed E-state index contributed by atoms with van der Waals surface area (Å²) in [5.74, 6) is 0.778. The molecule has 0 N–H and O–H groups in total. The highest BCUT2D eigenvalue weighted by atomic mass is 35.5. The second-order valence-corrected chi connectivity index (χ2v) is 2.83. The van der Waals surface area contributed by atoms with E-state index in [1.807, 2.05) is 12.1 Å². The van der Waals surface area contributed by atoms with Gasteiger partial charge in [0.05, 0.1) is 20.5 Å². The molecular weight excluding hydrogens is 188 g/mol. The van der Waals surface area contributed by atoms with Gasteiger partial charge >= 0.3 is 0 Å². The molecule has 0 radical (unpaired) electrons. The minimum atomic E-state index is 0.675. The maximum absolute atomic E-state index is 5.93. The molecule has 70 valence electrons. The van der Waals surface area contributed by atoms with E-state index in [9.17, 15) is 0 Å². The number of ether oxygens (including phenoxy) is 2. The van der Waals surface area contributed by atoms with Crippen molar-refractivity contribution in [3.8, 4) is 5.75 Å². The lowest BCUT2D eigenvalue weighted by molar-refractivity contribution is 0.341. The van der Waals surface area contributed by atoms with E-state index in [1.54, 1.807) is 32.6 Å². The predicted octanol–water partition coefficient (Wildman–Crippen LogP) is 2.97. The second-order valence-electron chi connectivity index (χ2n) is 2.43. The highest BCUT2D eigenvalue weighted by Gasteiger charge is 1.98. The van der Waals surface area contributed by atoms with Crippen molar-refractivity contribution in [2.24, 2.45) is 0 Å². The van der Waals surface area contributed by atoms with Gasteiger partial charge < -0.3 is 9.47 Å². The van der Waals surface area contributed by atoms with Gasteiger partial charge in [-0.2, -0.15) is 0 Å². The van der Waals surface area contributed by atoms with Crippen LogP contribution in [-0.2, 0) is 4.74 Å². The Kier molecular flexibility index (Phi) is 3.65. The molecule has 1 rings (SSSR count). The smallest absolute Gasteiger partial charge is 0.119 e. The van der Waals surface area contributed by atoms with Gasteiger partial charge in [0.1, 0.15) is 5.75 Å². The standard InChI is InChI=1S/C10H11ClO2/c1-12-6-5-8-7-9(13-2)3-4-10(8)11/h3-7H,1-2H3. The first-order valence-corrected chi connectivity index (χ1v) is 4.18. The minimum absolute atomic E-state index is 0.675. The van der Waals surface area contributed by atoms with Crippen molar-refractivity contribution in [1.82, 2.24) is 0 Å². The van der Waals surface area contributed by atoms with E-state index in [1.165, 1.54) is 0 Å². The van der Waals surface area contributed by atoms with Gasteiger partial charge in [-0.05, 0) is 29.8 Å². The van der Waals surface area contributed by atoms with Gasteiger partial charge in [0.2, 0.25) is 0 Å². The molecule has 2 nitrogen and oxygen atoms in total. The molecule has 0 aliphatic rings. The first-order chi connectivity index (χ1) is 6.27. The topological polar surface area (TPSA) is 18.5 Å². The lowest BCUT2D eigenvalue weighted by atomic mass is 10.2. The number of rotatable bonds is 3. The van der Waals surface area contributed by atoms with Gasteiger partial charge in [-0.1, -0.05) is 11.6 Å². The van der Waals surface area contributed by atoms with Gasteiger partial charge in [0.25, 0.3) is 0 Å². The number of hydrogen-bond acceptors (Lipinski definition) is 2. The molecule has 1 aromatic carbocycles. The molecule has 0 fully saturated rings. The Morgan fingerprint density at radius 2 is 2.08 bits per heavy atom. The van der Waals surface area contributed by atoms with Gasteiger partial charge in [-0.15, -0.1) is 0 Å². The third kappa shape index (κ3) is 2.67. The van der Waals surface area contributed by atoms with Crippen molar-refractivity contribution in [2.45, 2.75) is 0 Å². The summed E-state index contributed by atoms with van der Waals surface area (Å²) in [7, 11) is 3.21. The molecule has 0 saturated heterocycles. The van der Waals surface area contributed by atoms with Crippen LogP contribution >= 0.6 is 11.6 Å². The fourth-order valence-corrected chi connectivity index (χ4v) is 1.10. The zero-order valence-corrected chi connectivity index (χ0v) is 8.34. The van der Waals surface area contributed by atoms with Crippen molar-refractivity contribution >= 4 is 17.7 Å². The van der Waals surface area contributed by atoms with E-state index < -0.39 is 0 Å². The summed E-state index contributed by atoms with van der Waals surface area (Å²) < 4.78 is 9.85. The molecule has 0 amide bonds. The molecule has 0 bridgehead atoms. The summed E-state index contributed by atoms with van der Waals surface area (Å²) in [5, 5.41) is 0.675. The van der Waals surface area contributed by atoms with Crippen molar-refractivity contribution in [3.63, 3.8) is 0 Å². The monoisotopic (exact) mass is 198 g/mol. The largest absolute Gasteiger partial charge is 0.504 e. The van der Waals surface area contributed by atoms with Crippen LogP contribution < -0.4 is 4.74 Å². The van der Waals surface area contributed by atoms with Gasteiger partial charge in [-0.25, -0.2) is 0 Å². The van der Waals surface area contributed by atoms with Crippen LogP contribution in [0.4, 0.5) is 0 Å². The van der Waals surface area contributed by atoms with Crippen LogP contribution in [0.15, 0.2) is 24.5 Å². The summed E-state index contributed by atoms with van der Waals surface area (Å²) >= 11 is 5.93. The molecule has 1 aromatic rings. The molecule has 0 unspecified atom stereocenters. The third-order valence-electron chi connectivity index (χ3n) is 1.59. The predicted molar refractivity (Wildman–Crippen MR) is 54.0 cm³/mol. The number of halogens is 1. The van der Waals surface area contributed by atoms with Crippen molar-refractivity contribution in [2.75, 3.05) is 14.2 Å². The Morgan fingerprint density at radius 3 is 2.69 bits per heavy atom. The third-order valence-corrected chi connectivity index (χ3v) is 1.93. The average Bonchev–Trinajstić information content (AvgIpc) is 2.17. The molecule has 0 aromatic heterocycles. The van der Waals surface area contributed by atoms with E-state index >= 15 is 0 Å². The molecule has 0 aliphatic heterocycles. The van der Waals surface area contributed by atoms with E-state index in [-0.39, 0.29) is 0 Å². The maximum atomic E-state index is 5.93. The summed E-state index contributed by atoms with van der Waals surface area (Å²) in [5.41, 5.74) is 0.878. The highest BCUT2D eigenvalue weighted by molar-refractivity contribution is 6.32. The Morgan fingerprint density at radius 1 is 1.31 bits per heavy atom. The highest BCUT2D eigenvalue weighted by Crippen LogP contribution is 2.22. The van der Waals surface area contributed by atoms with Crippen LogP contribution in [-0.4, -0.2) is 14.2 Å². The summed E-state index contributed by atoms with van der Waals surface area (Å²) in [6, 6.07) is 5.44. The first-order valence-electron chi connectivity index (χ1n) is 3.81. The van der Waals surface area contributed by atoms with Crippen LogP contribution in [0.2, 0.25) is 5.02 Å². The van der Waals surface area contributed by atoms with Gasteiger partial charge in [0, 0.05) is 5.02 Å². The zero-order valence-electron chi connectivity index (χ0n) is 7.58. The van der Waals surface area contributed by atoms with E-state index in [4.69, 9.17) is 21.1 Å². The van der Waals surface area contributed by atoms with Crippen molar-refractivity contribution in [1.29, 1.82) is 0 Å². The fraction of sp³-hybridized carbons (Fsp3) is 0.200. The Bertz CT molecular complexity index is 308. The summed E-state index contributed by atoms with van der Waals surface area (Å²) in [6.45, 7) is 0. The van der Waals surface area contributed by atoms with E-state index in [0.29, 0.717) is 5.02 Å². The van der Waals surface area contributed by atoms with Crippen LogP contribution in [0.25, 0.3) is 6.08 Å². The Hall–Kier alpha value is -1.15. The van der Waals surface area contributed by atoms with Crippen molar-refractivity contribution in [3.05, 3.63) is 35.0 Å².